The minimum atomic E-state index is -0.419. The van der Waals surface area contributed by atoms with Gasteiger partial charge in [-0.3, -0.25) is 0 Å². The summed E-state index contributed by atoms with van der Waals surface area (Å²) in [6, 6.07) is 10.1. The number of aliphatic hydroxyl groups is 2. The first kappa shape index (κ1) is 16.4. The molecule has 0 unspecified atom stereocenters. The minimum Gasteiger partial charge on any atom is -0.394 e. The summed E-state index contributed by atoms with van der Waals surface area (Å²) in [5, 5.41) is 19.3. The number of aliphatic hydroxyl groups excluding tert-OH is 2. The summed E-state index contributed by atoms with van der Waals surface area (Å²) >= 11 is 0. The highest BCUT2D eigenvalue weighted by molar-refractivity contribution is 5.13. The molecule has 1 aromatic carbocycles. The number of benzene rings is 1. The van der Waals surface area contributed by atoms with E-state index in [-0.39, 0.29) is 30.7 Å². The average Bonchev–Trinajstić information content (AvgIpc) is 2.50. The van der Waals surface area contributed by atoms with Crippen LogP contribution in [0.2, 0.25) is 0 Å². The highest BCUT2D eigenvalue weighted by Gasteiger charge is 2.37. The first-order valence-electron chi connectivity index (χ1n) is 7.68. The quantitative estimate of drug-likeness (QED) is 0.842. The topological polar surface area (TPSA) is 58.9 Å². The van der Waals surface area contributed by atoms with Crippen LogP contribution < -0.4 is 0 Å². The molecule has 0 amide bonds. The molecule has 0 aromatic heterocycles. The van der Waals surface area contributed by atoms with Crippen molar-refractivity contribution in [2.75, 3.05) is 13.2 Å². The second kappa shape index (κ2) is 7.90. The molecule has 5 atom stereocenters. The van der Waals surface area contributed by atoms with Crippen LogP contribution in [-0.2, 0) is 16.1 Å². The summed E-state index contributed by atoms with van der Waals surface area (Å²) in [7, 11) is 0. The monoisotopic (exact) mass is 294 g/mol. The fourth-order valence-corrected chi connectivity index (χ4v) is 2.91. The molecule has 0 bridgehead atoms. The molecule has 1 fully saturated rings. The van der Waals surface area contributed by atoms with Gasteiger partial charge >= 0.3 is 0 Å². The number of rotatable bonds is 6. The van der Waals surface area contributed by atoms with Gasteiger partial charge in [0.05, 0.1) is 38.1 Å². The standard InChI is InChI=1S/C17H26O4/c1-12(10-20-11-14-6-4-3-5-7-14)17-13(2)16(19)8-15(9-18)21-17/h3-7,12-13,15-19H,8-11H2,1-2H3/t12-,13-,15+,16+,17+/m1/s1. The predicted molar refractivity (Wildman–Crippen MR) is 80.8 cm³/mol. The normalized spacial score (nSPS) is 31.0. The zero-order valence-electron chi connectivity index (χ0n) is 12.8. The van der Waals surface area contributed by atoms with Crippen LogP contribution in [0.25, 0.3) is 0 Å². The van der Waals surface area contributed by atoms with Crippen LogP contribution in [0.5, 0.6) is 0 Å². The van der Waals surface area contributed by atoms with Gasteiger partial charge in [0.2, 0.25) is 0 Å². The first-order valence-corrected chi connectivity index (χ1v) is 7.68. The number of hydrogen-bond acceptors (Lipinski definition) is 4. The van der Waals surface area contributed by atoms with Crippen molar-refractivity contribution in [3.63, 3.8) is 0 Å². The van der Waals surface area contributed by atoms with E-state index in [1.165, 1.54) is 0 Å². The molecule has 4 nitrogen and oxygen atoms in total. The average molecular weight is 294 g/mol. The molecule has 21 heavy (non-hydrogen) atoms. The van der Waals surface area contributed by atoms with Crippen molar-refractivity contribution in [3.05, 3.63) is 35.9 Å². The van der Waals surface area contributed by atoms with E-state index in [9.17, 15) is 10.2 Å². The molecule has 1 aromatic rings. The summed E-state index contributed by atoms with van der Waals surface area (Å²) < 4.78 is 11.7. The second-order valence-electron chi connectivity index (χ2n) is 6.05. The van der Waals surface area contributed by atoms with E-state index < -0.39 is 6.10 Å². The Kier molecular flexibility index (Phi) is 6.18. The van der Waals surface area contributed by atoms with Gasteiger partial charge in [0.15, 0.2) is 0 Å². The minimum absolute atomic E-state index is 0.0438. The van der Waals surface area contributed by atoms with E-state index in [0.717, 1.165) is 5.56 Å². The SMILES string of the molecule is C[C@H]1[C@H]([C@H](C)COCc2ccccc2)O[C@H](CO)C[C@@H]1O. The molecule has 0 aliphatic carbocycles. The number of ether oxygens (including phenoxy) is 2. The summed E-state index contributed by atoms with van der Waals surface area (Å²) in [6.07, 6.45) is -0.261. The Hall–Kier alpha value is -0.940. The molecular weight excluding hydrogens is 268 g/mol. The van der Waals surface area contributed by atoms with E-state index in [1.54, 1.807) is 0 Å². The lowest BCUT2D eigenvalue weighted by molar-refractivity contribution is -0.166. The van der Waals surface area contributed by atoms with Crippen molar-refractivity contribution in [2.45, 2.75) is 45.2 Å². The molecule has 0 saturated carbocycles. The van der Waals surface area contributed by atoms with Crippen LogP contribution in [0.15, 0.2) is 30.3 Å². The molecule has 4 heteroatoms. The fourth-order valence-electron chi connectivity index (χ4n) is 2.91. The van der Waals surface area contributed by atoms with Crippen molar-refractivity contribution in [2.24, 2.45) is 11.8 Å². The van der Waals surface area contributed by atoms with Crippen LogP contribution in [-0.4, -0.2) is 41.7 Å². The van der Waals surface area contributed by atoms with Gasteiger partial charge in [-0.2, -0.15) is 0 Å². The Morgan fingerprint density at radius 3 is 2.71 bits per heavy atom. The third kappa shape index (κ3) is 4.51. The van der Waals surface area contributed by atoms with E-state index in [0.29, 0.717) is 19.6 Å². The van der Waals surface area contributed by atoms with Gasteiger partial charge < -0.3 is 19.7 Å². The van der Waals surface area contributed by atoms with Crippen LogP contribution in [0.4, 0.5) is 0 Å². The first-order chi connectivity index (χ1) is 10.1. The van der Waals surface area contributed by atoms with Crippen LogP contribution in [0.1, 0.15) is 25.8 Å². The lowest BCUT2D eigenvalue weighted by atomic mass is 9.84. The Morgan fingerprint density at radius 2 is 2.05 bits per heavy atom. The summed E-state index contributed by atoms with van der Waals surface area (Å²) in [5.74, 6) is 0.232. The molecule has 118 valence electrons. The van der Waals surface area contributed by atoms with Gasteiger partial charge in [0, 0.05) is 18.3 Å². The third-order valence-corrected chi connectivity index (χ3v) is 4.24. The van der Waals surface area contributed by atoms with Crippen molar-refractivity contribution in [3.8, 4) is 0 Å². The maximum Gasteiger partial charge on any atom is 0.0834 e. The summed E-state index contributed by atoms with van der Waals surface area (Å²) in [6.45, 7) is 5.18. The second-order valence-corrected chi connectivity index (χ2v) is 6.05. The number of hydrogen-bond donors (Lipinski definition) is 2. The van der Waals surface area contributed by atoms with Gasteiger partial charge in [0.25, 0.3) is 0 Å². The Balaban J connectivity index is 1.82. The molecule has 2 rings (SSSR count). The molecular formula is C17H26O4. The van der Waals surface area contributed by atoms with Crippen LogP contribution >= 0.6 is 0 Å². The Bertz CT molecular complexity index is 409. The zero-order chi connectivity index (χ0) is 15.2. The smallest absolute Gasteiger partial charge is 0.0834 e. The molecule has 1 aliphatic heterocycles. The van der Waals surface area contributed by atoms with Gasteiger partial charge in [-0.05, 0) is 5.56 Å². The highest BCUT2D eigenvalue weighted by atomic mass is 16.5. The van der Waals surface area contributed by atoms with E-state index in [4.69, 9.17) is 9.47 Å². The zero-order valence-corrected chi connectivity index (χ0v) is 12.8. The largest absolute Gasteiger partial charge is 0.394 e. The van der Waals surface area contributed by atoms with Crippen LogP contribution in [0.3, 0.4) is 0 Å². The Labute approximate surface area is 126 Å². The third-order valence-electron chi connectivity index (χ3n) is 4.24. The van der Waals surface area contributed by atoms with E-state index >= 15 is 0 Å². The molecule has 2 N–H and O–H groups in total. The molecule has 0 radical (unpaired) electrons. The van der Waals surface area contributed by atoms with Gasteiger partial charge in [-0.15, -0.1) is 0 Å². The van der Waals surface area contributed by atoms with Crippen molar-refractivity contribution in [1.29, 1.82) is 0 Å². The van der Waals surface area contributed by atoms with E-state index in [2.05, 4.69) is 6.92 Å². The van der Waals surface area contributed by atoms with Crippen molar-refractivity contribution >= 4 is 0 Å². The summed E-state index contributed by atoms with van der Waals surface area (Å²) in [4.78, 5) is 0. The van der Waals surface area contributed by atoms with Crippen LogP contribution in [0, 0.1) is 11.8 Å². The summed E-state index contributed by atoms with van der Waals surface area (Å²) in [5.41, 5.74) is 1.15. The van der Waals surface area contributed by atoms with Gasteiger partial charge in [-0.1, -0.05) is 44.2 Å². The highest BCUT2D eigenvalue weighted by Crippen LogP contribution is 2.30. The maximum atomic E-state index is 10.1. The van der Waals surface area contributed by atoms with Gasteiger partial charge in [-0.25, -0.2) is 0 Å². The predicted octanol–water partition coefficient (Wildman–Crippen LogP) is 1.99. The molecule has 1 saturated heterocycles. The fraction of sp³-hybridized carbons (Fsp3) is 0.647. The molecule has 1 aliphatic rings. The maximum absolute atomic E-state index is 10.1. The molecule has 0 spiro atoms. The molecule has 1 heterocycles. The van der Waals surface area contributed by atoms with Crippen molar-refractivity contribution < 1.29 is 19.7 Å². The van der Waals surface area contributed by atoms with E-state index in [1.807, 2.05) is 37.3 Å². The lowest BCUT2D eigenvalue weighted by Crippen LogP contribution is -2.47. The Morgan fingerprint density at radius 1 is 1.33 bits per heavy atom. The lowest BCUT2D eigenvalue weighted by Gasteiger charge is -2.40. The van der Waals surface area contributed by atoms with Gasteiger partial charge in [0.1, 0.15) is 0 Å². The van der Waals surface area contributed by atoms with Crippen molar-refractivity contribution in [1.82, 2.24) is 0 Å².